The molecule has 0 aromatic heterocycles. The molecule has 0 heterocycles. The van der Waals surface area contributed by atoms with Gasteiger partial charge in [-0.25, -0.2) is 12.8 Å². The number of halogens is 2. The predicted molar refractivity (Wildman–Crippen MR) is 82.4 cm³/mol. The Balaban J connectivity index is 2.35. The smallest absolute Gasteiger partial charge is 0.218 e. The highest BCUT2D eigenvalue weighted by molar-refractivity contribution is 7.95. The van der Waals surface area contributed by atoms with Crippen LogP contribution in [0.5, 0.6) is 0 Å². The van der Waals surface area contributed by atoms with Gasteiger partial charge in [-0.1, -0.05) is 23.7 Å². The van der Waals surface area contributed by atoms with Crippen LogP contribution in [0.25, 0.3) is 0 Å². The maximum Gasteiger partial charge on any atom is 0.218 e. The summed E-state index contributed by atoms with van der Waals surface area (Å²) in [5.74, 6) is -0.556. The van der Waals surface area contributed by atoms with Crippen molar-refractivity contribution < 1.29 is 12.8 Å². The number of sulfone groups is 1. The van der Waals surface area contributed by atoms with Crippen LogP contribution in [-0.2, 0) is 9.84 Å². The van der Waals surface area contributed by atoms with Gasteiger partial charge in [0.05, 0.1) is 10.6 Å². The lowest BCUT2D eigenvalue weighted by molar-refractivity contribution is 0.603. The Kier molecular flexibility index (Phi) is 4.81. The summed E-state index contributed by atoms with van der Waals surface area (Å²) >= 11 is 5.71. The standard InChI is InChI=1S/C15H10ClFN2O2S/c16-11-5-7-12(8-6-11)22(20,21)13(9-18)10-19-15-4-2-1-3-14(15)17/h1-8,10,19H/b13-10-. The van der Waals surface area contributed by atoms with E-state index in [1.165, 1.54) is 42.5 Å². The Bertz CT molecular complexity index is 856. The SMILES string of the molecule is N#C/C(=C/Nc1ccccc1F)S(=O)(=O)c1ccc(Cl)cc1. The van der Waals surface area contributed by atoms with E-state index in [1.54, 1.807) is 12.1 Å². The normalized spacial score (nSPS) is 11.8. The fourth-order valence-corrected chi connectivity index (χ4v) is 2.84. The number of nitrogens with one attached hydrogen (secondary N) is 1. The summed E-state index contributed by atoms with van der Waals surface area (Å²) in [5.41, 5.74) is 0.0709. The molecule has 112 valence electrons. The Hall–Kier alpha value is -2.36. The molecule has 7 heteroatoms. The quantitative estimate of drug-likeness (QED) is 0.864. The van der Waals surface area contributed by atoms with Gasteiger partial charge in [0.2, 0.25) is 9.84 Å². The molecule has 0 unspecified atom stereocenters. The van der Waals surface area contributed by atoms with Gasteiger partial charge in [0.1, 0.15) is 11.9 Å². The van der Waals surface area contributed by atoms with Crippen LogP contribution in [0.15, 0.2) is 64.5 Å². The fraction of sp³-hybridized carbons (Fsp3) is 0. The van der Waals surface area contributed by atoms with E-state index >= 15 is 0 Å². The van der Waals surface area contributed by atoms with Crippen LogP contribution in [0.4, 0.5) is 10.1 Å². The van der Waals surface area contributed by atoms with E-state index in [0.29, 0.717) is 5.02 Å². The van der Waals surface area contributed by atoms with E-state index in [4.69, 9.17) is 16.9 Å². The van der Waals surface area contributed by atoms with Crippen LogP contribution in [0.1, 0.15) is 0 Å². The third-order valence-corrected chi connectivity index (χ3v) is 4.69. The molecule has 2 rings (SSSR count). The van der Waals surface area contributed by atoms with Gasteiger partial charge in [0, 0.05) is 11.2 Å². The van der Waals surface area contributed by atoms with Gasteiger partial charge in [-0.3, -0.25) is 0 Å². The van der Waals surface area contributed by atoms with Gasteiger partial charge in [0.25, 0.3) is 0 Å². The first kappa shape index (κ1) is 16.0. The molecular weight excluding hydrogens is 327 g/mol. The molecule has 0 saturated heterocycles. The minimum Gasteiger partial charge on any atom is -0.357 e. The molecule has 22 heavy (non-hydrogen) atoms. The second-order valence-electron chi connectivity index (χ2n) is 4.20. The summed E-state index contributed by atoms with van der Waals surface area (Å²) in [6.07, 6.45) is 0.961. The van der Waals surface area contributed by atoms with Crippen molar-refractivity contribution in [2.24, 2.45) is 0 Å². The molecule has 1 N–H and O–H groups in total. The second-order valence-corrected chi connectivity index (χ2v) is 6.56. The number of allylic oxidation sites excluding steroid dienone is 1. The summed E-state index contributed by atoms with van der Waals surface area (Å²) < 4.78 is 38.1. The van der Waals surface area contributed by atoms with Crippen LogP contribution in [0.2, 0.25) is 5.02 Å². The topological polar surface area (TPSA) is 70.0 Å². The highest BCUT2D eigenvalue weighted by Gasteiger charge is 2.20. The van der Waals surface area contributed by atoms with Gasteiger partial charge < -0.3 is 5.32 Å². The zero-order valence-electron chi connectivity index (χ0n) is 11.1. The Morgan fingerprint density at radius 2 is 1.82 bits per heavy atom. The number of hydrogen-bond donors (Lipinski definition) is 1. The molecular formula is C15H10ClFN2O2S. The van der Waals surface area contributed by atoms with Crippen molar-refractivity contribution in [2.75, 3.05) is 5.32 Å². The predicted octanol–water partition coefficient (Wildman–Crippen LogP) is 3.73. The van der Waals surface area contributed by atoms with E-state index in [0.717, 1.165) is 6.20 Å². The lowest BCUT2D eigenvalue weighted by Gasteiger charge is -2.05. The molecule has 0 aliphatic rings. The van der Waals surface area contributed by atoms with Crippen molar-refractivity contribution in [3.63, 3.8) is 0 Å². The Morgan fingerprint density at radius 3 is 2.41 bits per heavy atom. The lowest BCUT2D eigenvalue weighted by Crippen LogP contribution is -2.06. The zero-order chi connectivity index (χ0) is 16.2. The minimum atomic E-state index is -3.99. The average molecular weight is 337 g/mol. The molecule has 4 nitrogen and oxygen atoms in total. The van der Waals surface area contributed by atoms with Gasteiger partial charge >= 0.3 is 0 Å². The molecule has 0 bridgehead atoms. The zero-order valence-corrected chi connectivity index (χ0v) is 12.7. The molecule has 0 fully saturated rings. The summed E-state index contributed by atoms with van der Waals surface area (Å²) in [6, 6.07) is 12.7. The molecule has 0 spiro atoms. The van der Waals surface area contributed by atoms with Crippen molar-refractivity contribution in [1.29, 1.82) is 5.26 Å². The first-order valence-electron chi connectivity index (χ1n) is 6.07. The highest BCUT2D eigenvalue weighted by Crippen LogP contribution is 2.21. The number of benzene rings is 2. The van der Waals surface area contributed by atoms with E-state index in [1.807, 2.05) is 0 Å². The van der Waals surface area contributed by atoms with Crippen LogP contribution >= 0.6 is 11.6 Å². The molecule has 0 aliphatic carbocycles. The van der Waals surface area contributed by atoms with E-state index in [-0.39, 0.29) is 10.6 Å². The monoisotopic (exact) mass is 336 g/mol. The van der Waals surface area contributed by atoms with E-state index in [2.05, 4.69) is 5.32 Å². The largest absolute Gasteiger partial charge is 0.357 e. The van der Waals surface area contributed by atoms with Crippen LogP contribution in [0, 0.1) is 17.1 Å². The minimum absolute atomic E-state index is 0.0694. The van der Waals surface area contributed by atoms with Crippen molar-refractivity contribution in [3.05, 3.63) is 70.5 Å². The van der Waals surface area contributed by atoms with Gasteiger partial charge in [-0.2, -0.15) is 5.26 Å². The Morgan fingerprint density at radius 1 is 1.18 bits per heavy atom. The van der Waals surface area contributed by atoms with E-state index < -0.39 is 20.6 Å². The summed E-state index contributed by atoms with van der Waals surface area (Å²) in [4.78, 5) is -0.599. The molecule has 0 aliphatic heterocycles. The molecule has 2 aromatic carbocycles. The summed E-state index contributed by atoms with van der Waals surface area (Å²) in [5, 5.41) is 11.9. The molecule has 2 aromatic rings. The number of nitrogens with zero attached hydrogens (tertiary/aromatic N) is 1. The van der Waals surface area contributed by atoms with E-state index in [9.17, 15) is 12.8 Å². The fourth-order valence-electron chi connectivity index (χ4n) is 1.63. The third kappa shape index (κ3) is 3.45. The van der Waals surface area contributed by atoms with Crippen molar-refractivity contribution in [2.45, 2.75) is 4.90 Å². The molecule has 0 atom stereocenters. The first-order valence-corrected chi connectivity index (χ1v) is 7.93. The third-order valence-electron chi connectivity index (χ3n) is 2.76. The van der Waals surface area contributed by atoms with Gasteiger partial charge in [0.15, 0.2) is 4.91 Å². The number of anilines is 1. The summed E-state index contributed by atoms with van der Waals surface area (Å²) in [6.45, 7) is 0. The maximum absolute atomic E-state index is 13.5. The number of nitriles is 1. The van der Waals surface area contributed by atoms with Gasteiger partial charge in [-0.05, 0) is 36.4 Å². The van der Waals surface area contributed by atoms with Crippen LogP contribution in [0.3, 0.4) is 0 Å². The second kappa shape index (κ2) is 6.60. The Labute approximate surface area is 132 Å². The summed E-state index contributed by atoms with van der Waals surface area (Å²) in [7, 11) is -3.99. The average Bonchev–Trinajstić information content (AvgIpc) is 2.50. The molecule has 0 amide bonds. The molecule has 0 radical (unpaired) electrons. The lowest BCUT2D eigenvalue weighted by atomic mass is 10.3. The van der Waals surface area contributed by atoms with Crippen molar-refractivity contribution in [1.82, 2.24) is 0 Å². The van der Waals surface area contributed by atoms with Crippen LogP contribution < -0.4 is 5.32 Å². The number of hydrogen-bond acceptors (Lipinski definition) is 4. The number of para-hydroxylation sites is 1. The van der Waals surface area contributed by atoms with Crippen LogP contribution in [-0.4, -0.2) is 8.42 Å². The van der Waals surface area contributed by atoms with Crippen molar-refractivity contribution >= 4 is 27.1 Å². The number of rotatable bonds is 4. The maximum atomic E-state index is 13.5. The van der Waals surface area contributed by atoms with Crippen molar-refractivity contribution in [3.8, 4) is 6.07 Å². The first-order chi connectivity index (χ1) is 10.4. The molecule has 0 saturated carbocycles. The highest BCUT2D eigenvalue weighted by atomic mass is 35.5. The van der Waals surface area contributed by atoms with Gasteiger partial charge in [-0.15, -0.1) is 0 Å².